The Bertz CT molecular complexity index is 1630. The van der Waals surface area contributed by atoms with E-state index in [0.717, 1.165) is 42.4 Å². The molecule has 0 aliphatic heterocycles. The number of aliphatic hydroxyl groups excluding tert-OH is 1. The van der Waals surface area contributed by atoms with Gasteiger partial charge in [0.25, 0.3) is 0 Å². The number of ketones is 1. The number of aliphatic hydroxyl groups is 1. The summed E-state index contributed by atoms with van der Waals surface area (Å²) in [4.78, 5) is 25.7. The van der Waals surface area contributed by atoms with Gasteiger partial charge in [0.15, 0.2) is 5.78 Å². The van der Waals surface area contributed by atoms with E-state index in [2.05, 4.69) is 117 Å². The van der Waals surface area contributed by atoms with E-state index in [1.165, 1.54) is 74.5 Å². The molecule has 0 aromatic heterocycles. The molecular formula is C54H82O4. The van der Waals surface area contributed by atoms with Crippen molar-refractivity contribution in [3.8, 4) is 0 Å². The van der Waals surface area contributed by atoms with Crippen LogP contribution in [0.25, 0.3) is 0 Å². The summed E-state index contributed by atoms with van der Waals surface area (Å²) >= 11 is 0. The van der Waals surface area contributed by atoms with Crippen LogP contribution in [-0.4, -0.2) is 29.1 Å². The maximum atomic E-state index is 13.0. The second-order valence-corrected chi connectivity index (χ2v) is 18.9. The van der Waals surface area contributed by atoms with Gasteiger partial charge in [-0.15, -0.1) is 0 Å². The van der Waals surface area contributed by atoms with Gasteiger partial charge >= 0.3 is 5.97 Å². The van der Waals surface area contributed by atoms with Gasteiger partial charge in [0.2, 0.25) is 0 Å². The predicted molar refractivity (Wildman–Crippen MR) is 250 cm³/mol. The van der Waals surface area contributed by atoms with Gasteiger partial charge in [0.05, 0.1) is 6.10 Å². The fraction of sp³-hybridized carbons (Fsp3) is 0.593. The second kappa shape index (κ2) is 25.9. The topological polar surface area (TPSA) is 63.6 Å². The van der Waals surface area contributed by atoms with Crippen molar-refractivity contribution in [1.82, 2.24) is 0 Å². The summed E-state index contributed by atoms with van der Waals surface area (Å²) in [5.41, 5.74) is 6.30. The van der Waals surface area contributed by atoms with Crippen molar-refractivity contribution in [3.63, 3.8) is 0 Å². The number of rotatable bonds is 24. The summed E-state index contributed by atoms with van der Waals surface area (Å²) in [6.07, 6.45) is 45.7. The lowest BCUT2D eigenvalue weighted by Gasteiger charge is -2.37. The first-order chi connectivity index (χ1) is 27.4. The number of unbranched alkanes of at least 4 members (excludes halogenated alkanes) is 10. The SMILES string of the molecule is CCCCCCCCCCCCCC(=O)O[C@@H]1CC(C)=C(/C=C/C(C)=C/C=C/C(C)=C/C=C/C=C(C)/C=C/C=C(C)/C=C/C(=O)[C@]2(C)C[C@@H](O)CC2(C)C)C(C)(C)C1. The maximum Gasteiger partial charge on any atom is 0.306 e. The van der Waals surface area contributed by atoms with Crippen molar-refractivity contribution in [1.29, 1.82) is 0 Å². The number of carbonyl (C=O) groups is 2. The minimum atomic E-state index is -0.540. The highest BCUT2D eigenvalue weighted by Crippen LogP contribution is 2.53. The van der Waals surface area contributed by atoms with E-state index in [0.29, 0.717) is 19.3 Å². The second-order valence-electron chi connectivity index (χ2n) is 18.9. The van der Waals surface area contributed by atoms with E-state index in [1.807, 2.05) is 38.2 Å². The third-order valence-corrected chi connectivity index (χ3v) is 12.4. The van der Waals surface area contributed by atoms with Gasteiger partial charge in [0, 0.05) is 18.3 Å². The molecule has 0 amide bonds. The van der Waals surface area contributed by atoms with Crippen LogP contribution in [0.2, 0.25) is 0 Å². The van der Waals surface area contributed by atoms with Crippen LogP contribution in [0.5, 0.6) is 0 Å². The molecule has 322 valence electrons. The number of allylic oxidation sites excluding steroid dienone is 19. The first-order valence-electron chi connectivity index (χ1n) is 22.6. The highest BCUT2D eigenvalue weighted by molar-refractivity contribution is 5.95. The van der Waals surface area contributed by atoms with Crippen LogP contribution in [0, 0.1) is 16.2 Å². The first kappa shape index (κ1) is 50.6. The first-order valence-corrected chi connectivity index (χ1v) is 22.6. The zero-order valence-corrected chi connectivity index (χ0v) is 38.7. The molecule has 1 N–H and O–H groups in total. The Morgan fingerprint density at radius 2 is 1.12 bits per heavy atom. The largest absolute Gasteiger partial charge is 0.462 e. The standard InChI is InChI=1S/C54H82O4/c1-12-13-14-15-16-17-18-19-20-21-22-33-51(57)58-48-38-46(6)49(52(7,8)41-48)36-34-44(4)31-25-29-42(2)27-23-24-28-43(3)30-26-32-45(5)35-37-50(56)54(11)40-47(55)39-53(54,9)10/h23-32,34-37,47-48,55H,12-22,33,38-41H2,1-11H3/b24-23+,29-25+,30-26+,36-34+,37-35+,42-27+,43-28+,44-31+,45-32+/t47-,48+,54-/m0/s1. The van der Waals surface area contributed by atoms with Crippen LogP contribution in [0.3, 0.4) is 0 Å². The molecule has 0 radical (unpaired) electrons. The molecule has 1 saturated carbocycles. The molecule has 0 bridgehead atoms. The zero-order valence-electron chi connectivity index (χ0n) is 38.7. The van der Waals surface area contributed by atoms with Crippen molar-refractivity contribution in [2.45, 2.75) is 191 Å². The molecule has 4 heteroatoms. The Morgan fingerprint density at radius 3 is 1.62 bits per heavy atom. The summed E-state index contributed by atoms with van der Waals surface area (Å²) < 4.78 is 5.99. The van der Waals surface area contributed by atoms with Crippen LogP contribution < -0.4 is 0 Å². The number of hydrogen-bond acceptors (Lipinski definition) is 4. The van der Waals surface area contributed by atoms with Gasteiger partial charge in [-0.1, -0.05) is 213 Å². The zero-order chi connectivity index (χ0) is 43.2. The van der Waals surface area contributed by atoms with Crippen molar-refractivity contribution >= 4 is 11.8 Å². The molecule has 0 aromatic rings. The number of esters is 1. The summed E-state index contributed by atoms with van der Waals surface area (Å²) in [5, 5.41) is 10.2. The van der Waals surface area contributed by atoms with Gasteiger partial charge in [-0.25, -0.2) is 0 Å². The third kappa shape index (κ3) is 18.6. The Balaban J connectivity index is 1.79. The summed E-state index contributed by atoms with van der Waals surface area (Å²) in [6, 6.07) is 0. The fourth-order valence-electron chi connectivity index (χ4n) is 8.42. The van der Waals surface area contributed by atoms with Gasteiger partial charge in [-0.05, 0) is 82.8 Å². The molecule has 0 aromatic carbocycles. The minimum absolute atomic E-state index is 0.0334. The van der Waals surface area contributed by atoms with E-state index in [1.54, 1.807) is 6.08 Å². The third-order valence-electron chi connectivity index (χ3n) is 12.4. The summed E-state index contributed by atoms with van der Waals surface area (Å²) in [5.74, 6) is 0.0502. The lowest BCUT2D eigenvalue weighted by Crippen LogP contribution is -2.36. The van der Waals surface area contributed by atoms with E-state index < -0.39 is 11.5 Å². The van der Waals surface area contributed by atoms with E-state index in [4.69, 9.17) is 4.74 Å². The highest BCUT2D eigenvalue weighted by Gasteiger charge is 2.52. The number of hydrogen-bond donors (Lipinski definition) is 1. The molecule has 1 fully saturated rings. The van der Waals surface area contributed by atoms with E-state index in [9.17, 15) is 14.7 Å². The van der Waals surface area contributed by atoms with E-state index >= 15 is 0 Å². The smallest absolute Gasteiger partial charge is 0.306 e. The van der Waals surface area contributed by atoms with Gasteiger partial charge in [-0.2, -0.15) is 0 Å². The molecule has 0 saturated heterocycles. The summed E-state index contributed by atoms with van der Waals surface area (Å²) in [6.45, 7) is 23.4. The molecule has 0 spiro atoms. The fourth-order valence-corrected chi connectivity index (χ4v) is 8.42. The lowest BCUT2D eigenvalue weighted by atomic mass is 9.66. The van der Waals surface area contributed by atoms with Gasteiger partial charge < -0.3 is 9.84 Å². The van der Waals surface area contributed by atoms with Crippen LogP contribution in [0.4, 0.5) is 0 Å². The van der Waals surface area contributed by atoms with E-state index in [-0.39, 0.29) is 28.7 Å². The van der Waals surface area contributed by atoms with Crippen molar-refractivity contribution in [3.05, 3.63) is 119 Å². The molecule has 2 aliphatic carbocycles. The maximum absolute atomic E-state index is 13.0. The molecule has 4 nitrogen and oxygen atoms in total. The average Bonchev–Trinajstić information content (AvgIpc) is 3.36. The van der Waals surface area contributed by atoms with Crippen molar-refractivity contribution < 1.29 is 19.4 Å². The molecular weight excluding hydrogens is 713 g/mol. The molecule has 2 rings (SSSR count). The number of ether oxygens (including phenoxy) is 1. The molecule has 3 atom stereocenters. The molecule has 58 heavy (non-hydrogen) atoms. The lowest BCUT2D eigenvalue weighted by molar-refractivity contribution is -0.150. The van der Waals surface area contributed by atoms with Crippen LogP contribution in [0.1, 0.15) is 179 Å². The van der Waals surface area contributed by atoms with Crippen LogP contribution in [0.15, 0.2) is 119 Å². The quantitative estimate of drug-likeness (QED) is 0.0457. The molecule has 0 heterocycles. The van der Waals surface area contributed by atoms with Crippen LogP contribution >= 0.6 is 0 Å². The van der Waals surface area contributed by atoms with Crippen LogP contribution in [-0.2, 0) is 14.3 Å². The average molecular weight is 795 g/mol. The van der Waals surface area contributed by atoms with Crippen molar-refractivity contribution in [2.24, 2.45) is 16.2 Å². The number of carbonyl (C=O) groups excluding carboxylic acids is 2. The Kier molecular flexibility index (Phi) is 22.6. The normalized spacial score (nSPS) is 23.5. The molecule has 2 aliphatic rings. The summed E-state index contributed by atoms with van der Waals surface area (Å²) in [7, 11) is 0. The Labute approximate surface area is 355 Å². The Morgan fingerprint density at radius 1 is 0.638 bits per heavy atom. The van der Waals surface area contributed by atoms with Crippen molar-refractivity contribution in [2.75, 3.05) is 0 Å². The monoisotopic (exact) mass is 795 g/mol. The minimum Gasteiger partial charge on any atom is -0.462 e. The molecule has 0 unspecified atom stereocenters. The van der Waals surface area contributed by atoms with Gasteiger partial charge in [-0.3, -0.25) is 9.59 Å². The highest BCUT2D eigenvalue weighted by atomic mass is 16.5. The Hall–Kier alpha value is -3.50. The van der Waals surface area contributed by atoms with Gasteiger partial charge in [0.1, 0.15) is 6.10 Å². The predicted octanol–water partition coefficient (Wildman–Crippen LogP) is 15.1.